The summed E-state index contributed by atoms with van der Waals surface area (Å²) >= 11 is 11.0. The molecule has 3 heteroatoms. The van der Waals surface area contributed by atoms with Crippen LogP contribution in [0.5, 0.6) is 0 Å². The average Bonchev–Trinajstić information content (AvgIpc) is 2.30. The number of nitrogens with zero attached hydrogens (tertiary/aromatic N) is 1. The van der Waals surface area contributed by atoms with Crippen molar-refractivity contribution in [3.63, 3.8) is 0 Å². The molecule has 0 heterocycles. The number of halogens is 2. The smallest absolute Gasteiger partial charge is 0.197 e. The van der Waals surface area contributed by atoms with Crippen LogP contribution in [0.2, 0.25) is 0 Å². The van der Waals surface area contributed by atoms with Gasteiger partial charge in [-0.1, -0.05) is 31.4 Å². The molecule has 1 nitrogen and oxygen atoms in total. The standard InChI is InChI=1S/C13H15Cl2N/c14-13(15)16-12-8-6-11(7-9-12)10-4-2-1-3-5-10/h6-10H,1-5H2. The van der Waals surface area contributed by atoms with Crippen molar-refractivity contribution in [2.45, 2.75) is 38.0 Å². The molecule has 1 aromatic rings. The molecule has 0 N–H and O–H groups in total. The van der Waals surface area contributed by atoms with E-state index in [0.717, 1.165) is 11.6 Å². The van der Waals surface area contributed by atoms with Crippen molar-refractivity contribution in [2.75, 3.05) is 0 Å². The molecular weight excluding hydrogens is 241 g/mol. The van der Waals surface area contributed by atoms with Gasteiger partial charge in [-0.05, 0) is 59.7 Å². The largest absolute Gasteiger partial charge is 0.225 e. The first kappa shape index (κ1) is 11.9. The summed E-state index contributed by atoms with van der Waals surface area (Å²) in [5.41, 5.74) is 2.24. The van der Waals surface area contributed by atoms with E-state index in [2.05, 4.69) is 17.1 Å². The fourth-order valence-electron chi connectivity index (χ4n) is 2.35. The third kappa shape index (κ3) is 3.23. The van der Waals surface area contributed by atoms with Crippen molar-refractivity contribution in [3.8, 4) is 0 Å². The summed E-state index contributed by atoms with van der Waals surface area (Å²) in [6.07, 6.45) is 6.74. The molecule has 1 aromatic carbocycles. The van der Waals surface area contributed by atoms with Crippen LogP contribution < -0.4 is 0 Å². The van der Waals surface area contributed by atoms with Gasteiger partial charge in [0.05, 0.1) is 5.69 Å². The molecule has 16 heavy (non-hydrogen) atoms. The summed E-state index contributed by atoms with van der Waals surface area (Å²) in [5.74, 6) is 0.734. The Morgan fingerprint density at radius 1 is 1.00 bits per heavy atom. The van der Waals surface area contributed by atoms with E-state index >= 15 is 0 Å². The summed E-state index contributed by atoms with van der Waals surface area (Å²) in [5, 5.41) is 0. The van der Waals surface area contributed by atoms with E-state index < -0.39 is 0 Å². The Kier molecular flexibility index (Phi) is 4.25. The van der Waals surface area contributed by atoms with Crippen LogP contribution in [-0.4, -0.2) is 4.63 Å². The molecule has 0 unspecified atom stereocenters. The zero-order valence-electron chi connectivity index (χ0n) is 9.13. The molecule has 0 amide bonds. The van der Waals surface area contributed by atoms with E-state index in [1.807, 2.05) is 12.1 Å². The van der Waals surface area contributed by atoms with Crippen molar-refractivity contribution in [1.29, 1.82) is 0 Å². The first-order valence-corrected chi connectivity index (χ1v) is 6.51. The van der Waals surface area contributed by atoms with Gasteiger partial charge in [0, 0.05) is 0 Å². The van der Waals surface area contributed by atoms with Gasteiger partial charge in [0.15, 0.2) is 4.63 Å². The van der Waals surface area contributed by atoms with Crippen molar-refractivity contribution < 1.29 is 0 Å². The van der Waals surface area contributed by atoms with Crippen molar-refractivity contribution in [2.24, 2.45) is 4.99 Å². The van der Waals surface area contributed by atoms with Crippen LogP contribution >= 0.6 is 23.2 Å². The third-order valence-corrected chi connectivity index (χ3v) is 3.35. The lowest BCUT2D eigenvalue weighted by Gasteiger charge is -2.21. The Balaban J connectivity index is 2.09. The van der Waals surface area contributed by atoms with Crippen LogP contribution in [0.1, 0.15) is 43.6 Å². The molecule has 0 spiro atoms. The Hall–Kier alpha value is -0.530. The van der Waals surface area contributed by atoms with Gasteiger partial charge in [-0.15, -0.1) is 0 Å². The topological polar surface area (TPSA) is 12.4 Å². The zero-order chi connectivity index (χ0) is 11.4. The second-order valence-electron chi connectivity index (χ2n) is 4.28. The summed E-state index contributed by atoms with van der Waals surface area (Å²) in [6, 6.07) is 8.25. The Labute approximate surface area is 106 Å². The van der Waals surface area contributed by atoms with E-state index in [1.54, 1.807) is 0 Å². The number of hydrogen-bond donors (Lipinski definition) is 0. The predicted octanol–water partition coefficient (Wildman–Crippen LogP) is 5.20. The summed E-state index contributed by atoms with van der Waals surface area (Å²) in [4.78, 5) is 3.99. The molecule has 0 atom stereocenters. The molecule has 2 rings (SSSR count). The van der Waals surface area contributed by atoms with Crippen LogP contribution in [0.15, 0.2) is 29.3 Å². The van der Waals surface area contributed by atoms with Gasteiger partial charge < -0.3 is 0 Å². The lowest BCUT2D eigenvalue weighted by molar-refractivity contribution is 0.443. The number of benzene rings is 1. The summed E-state index contributed by atoms with van der Waals surface area (Å²) < 4.78 is 0.0606. The van der Waals surface area contributed by atoms with Gasteiger partial charge in [0.2, 0.25) is 0 Å². The highest BCUT2D eigenvalue weighted by Gasteiger charge is 2.14. The quantitative estimate of drug-likeness (QED) is 0.645. The van der Waals surface area contributed by atoms with Crippen molar-refractivity contribution in [3.05, 3.63) is 29.8 Å². The van der Waals surface area contributed by atoms with E-state index in [0.29, 0.717) is 0 Å². The first-order chi connectivity index (χ1) is 7.75. The van der Waals surface area contributed by atoms with Crippen LogP contribution in [0.3, 0.4) is 0 Å². The van der Waals surface area contributed by atoms with Crippen LogP contribution in [0.4, 0.5) is 5.69 Å². The van der Waals surface area contributed by atoms with Gasteiger partial charge in [-0.2, -0.15) is 0 Å². The number of hydrogen-bond acceptors (Lipinski definition) is 1. The highest BCUT2D eigenvalue weighted by Crippen LogP contribution is 2.33. The lowest BCUT2D eigenvalue weighted by atomic mass is 9.84. The molecule has 0 saturated heterocycles. The molecule has 0 bridgehead atoms. The minimum Gasteiger partial charge on any atom is -0.225 e. The summed E-state index contributed by atoms with van der Waals surface area (Å²) in [6.45, 7) is 0. The zero-order valence-corrected chi connectivity index (χ0v) is 10.6. The second-order valence-corrected chi connectivity index (χ2v) is 5.19. The predicted molar refractivity (Wildman–Crippen MR) is 71.1 cm³/mol. The van der Waals surface area contributed by atoms with Gasteiger partial charge in [0.25, 0.3) is 0 Å². The van der Waals surface area contributed by atoms with Gasteiger partial charge >= 0.3 is 0 Å². The van der Waals surface area contributed by atoms with Crippen LogP contribution in [0.25, 0.3) is 0 Å². The molecule has 86 valence electrons. The van der Waals surface area contributed by atoms with Gasteiger partial charge in [0.1, 0.15) is 0 Å². The van der Waals surface area contributed by atoms with E-state index in [1.165, 1.54) is 37.7 Å². The lowest BCUT2D eigenvalue weighted by Crippen LogP contribution is -2.03. The third-order valence-electron chi connectivity index (χ3n) is 3.18. The van der Waals surface area contributed by atoms with Crippen LogP contribution in [-0.2, 0) is 0 Å². The van der Waals surface area contributed by atoms with E-state index in [-0.39, 0.29) is 4.63 Å². The molecule has 1 aliphatic carbocycles. The van der Waals surface area contributed by atoms with Gasteiger partial charge in [-0.25, -0.2) is 4.99 Å². The number of aliphatic imine (C=N–C) groups is 1. The highest BCUT2D eigenvalue weighted by molar-refractivity contribution is 6.95. The normalized spacial score (nSPS) is 17.1. The SMILES string of the molecule is ClC(Cl)=Nc1ccc(C2CCCCC2)cc1. The number of rotatable bonds is 2. The average molecular weight is 256 g/mol. The fraction of sp³-hybridized carbons (Fsp3) is 0.462. The molecular formula is C13H15Cl2N. The maximum Gasteiger partial charge on any atom is 0.197 e. The summed E-state index contributed by atoms with van der Waals surface area (Å²) in [7, 11) is 0. The Morgan fingerprint density at radius 3 is 2.19 bits per heavy atom. The van der Waals surface area contributed by atoms with Gasteiger partial charge in [-0.3, -0.25) is 0 Å². The highest BCUT2D eigenvalue weighted by atomic mass is 35.5. The Bertz CT molecular complexity index is 360. The van der Waals surface area contributed by atoms with Crippen LogP contribution in [0, 0.1) is 0 Å². The fourth-order valence-corrected chi connectivity index (χ4v) is 2.55. The Morgan fingerprint density at radius 2 is 1.62 bits per heavy atom. The first-order valence-electron chi connectivity index (χ1n) is 5.75. The van der Waals surface area contributed by atoms with Crippen molar-refractivity contribution in [1.82, 2.24) is 0 Å². The molecule has 1 fully saturated rings. The molecule has 1 saturated carbocycles. The van der Waals surface area contributed by atoms with E-state index in [4.69, 9.17) is 23.2 Å². The maximum atomic E-state index is 5.52. The molecule has 0 radical (unpaired) electrons. The molecule has 0 aromatic heterocycles. The minimum absolute atomic E-state index is 0.0606. The van der Waals surface area contributed by atoms with E-state index in [9.17, 15) is 0 Å². The maximum absolute atomic E-state index is 5.52. The molecule has 1 aliphatic rings. The second kappa shape index (κ2) is 5.70. The monoisotopic (exact) mass is 255 g/mol. The van der Waals surface area contributed by atoms with Crippen molar-refractivity contribution >= 4 is 33.5 Å². The minimum atomic E-state index is 0.0606. The molecule has 0 aliphatic heterocycles.